The molecule has 1 fully saturated rings. The van der Waals surface area contributed by atoms with Crippen molar-refractivity contribution in [1.82, 2.24) is 4.98 Å². The highest BCUT2D eigenvalue weighted by molar-refractivity contribution is 6.22. The van der Waals surface area contributed by atoms with Gasteiger partial charge in [0.25, 0.3) is 5.69 Å². The molecular formula is C21H15N3O8. The van der Waals surface area contributed by atoms with Crippen molar-refractivity contribution in [3.8, 4) is 0 Å². The van der Waals surface area contributed by atoms with Crippen LogP contribution in [0.25, 0.3) is 11.1 Å². The molecule has 3 aromatic rings. The summed E-state index contributed by atoms with van der Waals surface area (Å²) < 4.78 is 10.0. The molecule has 0 N–H and O–H groups in total. The number of benzene rings is 2. The maximum Gasteiger partial charge on any atom is 0.359 e. The number of aromatic nitrogens is 1. The van der Waals surface area contributed by atoms with Gasteiger partial charge in [-0.1, -0.05) is 12.1 Å². The topological polar surface area (TPSA) is 150 Å². The lowest BCUT2D eigenvalue weighted by Crippen LogP contribution is -2.35. The molecule has 0 spiro atoms. The predicted octanol–water partition coefficient (Wildman–Crippen LogP) is 1.93. The first-order valence-corrected chi connectivity index (χ1v) is 9.40. The Balaban J connectivity index is 1.75. The van der Waals surface area contributed by atoms with E-state index in [4.69, 9.17) is 9.15 Å². The number of amides is 2. The third kappa shape index (κ3) is 3.49. The largest absolute Gasteiger partial charge is 0.468 e. The van der Waals surface area contributed by atoms with Gasteiger partial charge in [0.1, 0.15) is 17.1 Å². The Labute approximate surface area is 179 Å². The van der Waals surface area contributed by atoms with Crippen LogP contribution in [0.15, 0.2) is 57.7 Å². The Morgan fingerprint density at radius 2 is 1.88 bits per heavy atom. The third-order valence-corrected chi connectivity index (χ3v) is 5.17. The van der Waals surface area contributed by atoms with E-state index in [0.717, 1.165) is 24.1 Å². The molecule has 4 rings (SSSR count). The van der Waals surface area contributed by atoms with Crippen molar-refractivity contribution >= 4 is 40.3 Å². The quantitative estimate of drug-likeness (QED) is 0.252. The zero-order valence-electron chi connectivity index (χ0n) is 16.6. The van der Waals surface area contributed by atoms with Crippen LogP contribution in [0.2, 0.25) is 0 Å². The molecule has 2 unspecified atom stereocenters. The summed E-state index contributed by atoms with van der Waals surface area (Å²) >= 11 is 0. The van der Waals surface area contributed by atoms with Crippen molar-refractivity contribution in [2.24, 2.45) is 5.92 Å². The lowest BCUT2D eigenvalue weighted by molar-refractivity contribution is -0.384. The molecule has 0 radical (unpaired) electrons. The minimum atomic E-state index is -1.47. The summed E-state index contributed by atoms with van der Waals surface area (Å²) in [5.41, 5.74) is -0.878. The summed E-state index contributed by atoms with van der Waals surface area (Å²) in [6.45, 7) is 0. The lowest BCUT2D eigenvalue weighted by atomic mass is 9.88. The van der Waals surface area contributed by atoms with Crippen LogP contribution < -0.4 is 10.5 Å². The van der Waals surface area contributed by atoms with E-state index in [2.05, 4.69) is 4.98 Å². The van der Waals surface area contributed by atoms with E-state index in [1.54, 1.807) is 18.2 Å². The van der Waals surface area contributed by atoms with Crippen LogP contribution in [0.5, 0.6) is 0 Å². The molecule has 2 atom stereocenters. The van der Waals surface area contributed by atoms with Crippen molar-refractivity contribution < 1.29 is 28.5 Å². The summed E-state index contributed by atoms with van der Waals surface area (Å²) in [7, 11) is 1.09. The second kappa shape index (κ2) is 8.02. The number of nitro groups is 1. The zero-order valence-corrected chi connectivity index (χ0v) is 16.6. The minimum absolute atomic E-state index is 0.107. The molecule has 1 aliphatic heterocycles. The van der Waals surface area contributed by atoms with Gasteiger partial charge in [0.2, 0.25) is 11.8 Å². The minimum Gasteiger partial charge on any atom is -0.468 e. The number of esters is 1. The summed E-state index contributed by atoms with van der Waals surface area (Å²) in [6, 6.07) is 11.2. The number of non-ortho nitro benzene ring substituents is 1. The number of rotatable bonds is 5. The second-order valence-corrected chi connectivity index (χ2v) is 7.01. The van der Waals surface area contributed by atoms with Gasteiger partial charge in [-0.25, -0.2) is 9.78 Å². The number of imide groups is 1. The van der Waals surface area contributed by atoms with Crippen molar-refractivity contribution in [2.45, 2.75) is 12.3 Å². The fourth-order valence-corrected chi connectivity index (χ4v) is 3.66. The third-order valence-electron chi connectivity index (χ3n) is 5.17. The number of hydrogen-bond acceptors (Lipinski definition) is 9. The average Bonchev–Trinajstić information content (AvgIpc) is 3.07. The fraction of sp³-hybridized carbons (Fsp3) is 0.190. The van der Waals surface area contributed by atoms with Crippen molar-refractivity contribution in [3.05, 3.63) is 74.8 Å². The number of anilines is 1. The van der Waals surface area contributed by atoms with E-state index in [9.17, 15) is 29.3 Å². The van der Waals surface area contributed by atoms with Gasteiger partial charge < -0.3 is 9.15 Å². The van der Waals surface area contributed by atoms with Gasteiger partial charge in [-0.15, -0.1) is 0 Å². The smallest absolute Gasteiger partial charge is 0.359 e. The molecule has 2 aromatic carbocycles. The zero-order chi connectivity index (χ0) is 23.0. The van der Waals surface area contributed by atoms with E-state index < -0.39 is 40.2 Å². The van der Waals surface area contributed by atoms with Crippen molar-refractivity contribution in [3.63, 3.8) is 0 Å². The van der Waals surface area contributed by atoms with Gasteiger partial charge in [0.05, 0.1) is 23.6 Å². The maximum absolute atomic E-state index is 13.1. The van der Waals surface area contributed by atoms with Gasteiger partial charge in [-0.2, -0.15) is 0 Å². The number of carbonyl (C=O) groups excluding carboxylic acids is 3. The molecule has 1 saturated heterocycles. The number of carbonyl (C=O) groups is 3. The number of nitrogens with zero attached hydrogens (tertiary/aromatic N) is 3. The Morgan fingerprint density at radius 3 is 2.53 bits per heavy atom. The Bertz CT molecular complexity index is 1310. The number of fused-ring (bicyclic) bond motifs is 1. The molecule has 1 aliphatic rings. The predicted molar refractivity (Wildman–Crippen MR) is 109 cm³/mol. The fourth-order valence-electron chi connectivity index (χ4n) is 3.66. The second-order valence-electron chi connectivity index (χ2n) is 7.01. The number of nitro benzene ring substituents is 1. The van der Waals surface area contributed by atoms with Crippen LogP contribution in [0.4, 0.5) is 11.4 Å². The first-order valence-electron chi connectivity index (χ1n) is 9.40. The van der Waals surface area contributed by atoms with E-state index in [-0.39, 0.29) is 29.1 Å². The van der Waals surface area contributed by atoms with Crippen LogP contribution in [0, 0.1) is 16.0 Å². The monoisotopic (exact) mass is 437 g/mol. The van der Waals surface area contributed by atoms with Gasteiger partial charge in [0.15, 0.2) is 5.58 Å². The van der Waals surface area contributed by atoms with Crippen LogP contribution in [-0.4, -0.2) is 34.8 Å². The number of ether oxygens (including phenoxy) is 1. The van der Waals surface area contributed by atoms with Crippen LogP contribution in [0.1, 0.15) is 18.0 Å². The summed E-state index contributed by atoms with van der Waals surface area (Å²) in [4.78, 5) is 66.3. The number of para-hydroxylation sites is 2. The van der Waals surface area contributed by atoms with Crippen LogP contribution in [0.3, 0.4) is 0 Å². The molecule has 1 aromatic heterocycles. The lowest BCUT2D eigenvalue weighted by Gasteiger charge is -2.19. The molecule has 11 heteroatoms. The molecule has 0 saturated carbocycles. The normalized spacial score (nSPS) is 16.9. The average molecular weight is 437 g/mol. The first-order chi connectivity index (χ1) is 15.3. The summed E-state index contributed by atoms with van der Waals surface area (Å²) in [5.74, 6) is -5.04. The first kappa shape index (κ1) is 20.8. The molecular weight excluding hydrogens is 422 g/mol. The van der Waals surface area contributed by atoms with E-state index >= 15 is 0 Å². The molecule has 11 nitrogen and oxygen atoms in total. The molecule has 32 heavy (non-hydrogen) atoms. The van der Waals surface area contributed by atoms with Gasteiger partial charge in [-0.3, -0.25) is 29.4 Å². The van der Waals surface area contributed by atoms with E-state index in [1.807, 2.05) is 0 Å². The number of hydrogen-bond donors (Lipinski definition) is 0. The number of methoxy groups -OCH3 is 1. The molecule has 2 amide bonds. The molecule has 162 valence electrons. The SMILES string of the molecule is COC(=O)C(c1nc2ccccc2oc1=O)C1CC(=O)N(c2ccc([N+](=O)[O-])cc2)C1=O. The Hall–Kier alpha value is -4.41. The highest BCUT2D eigenvalue weighted by Crippen LogP contribution is 2.36. The van der Waals surface area contributed by atoms with Crippen LogP contribution >= 0.6 is 0 Å². The molecule has 2 heterocycles. The van der Waals surface area contributed by atoms with E-state index in [1.165, 1.54) is 18.2 Å². The summed E-state index contributed by atoms with van der Waals surface area (Å²) in [6.07, 6.45) is -0.385. The standard InChI is InChI=1S/C21H15N3O8/c1-31-20(27)17(18-21(28)32-15-5-3-2-4-14(15)22-18)13-10-16(25)23(19(13)26)11-6-8-12(9-7-11)24(29)30/h2-9,13,17H,10H2,1H3. The van der Waals surface area contributed by atoms with Gasteiger partial charge in [-0.05, 0) is 24.3 Å². The Kier molecular flexibility index (Phi) is 5.23. The Morgan fingerprint density at radius 1 is 1.19 bits per heavy atom. The van der Waals surface area contributed by atoms with Gasteiger partial charge in [0, 0.05) is 18.6 Å². The van der Waals surface area contributed by atoms with Gasteiger partial charge >= 0.3 is 11.6 Å². The highest BCUT2D eigenvalue weighted by Gasteiger charge is 2.49. The molecule has 0 bridgehead atoms. The maximum atomic E-state index is 13.1. The van der Waals surface area contributed by atoms with E-state index in [0.29, 0.717) is 5.52 Å². The molecule has 0 aliphatic carbocycles. The van der Waals surface area contributed by atoms with Crippen LogP contribution in [-0.2, 0) is 19.1 Å². The van der Waals surface area contributed by atoms with Crippen molar-refractivity contribution in [1.29, 1.82) is 0 Å². The summed E-state index contributed by atoms with van der Waals surface area (Å²) in [5, 5.41) is 10.9. The van der Waals surface area contributed by atoms with Crippen molar-refractivity contribution in [2.75, 3.05) is 12.0 Å². The highest BCUT2D eigenvalue weighted by atomic mass is 16.6.